The molecule has 1 atom stereocenters. The van der Waals surface area contributed by atoms with E-state index in [1.165, 1.54) is 0 Å². The van der Waals surface area contributed by atoms with Crippen molar-refractivity contribution in [2.24, 2.45) is 11.3 Å². The van der Waals surface area contributed by atoms with Crippen LogP contribution in [0, 0.1) is 11.3 Å². The fourth-order valence-corrected chi connectivity index (χ4v) is 2.87. The van der Waals surface area contributed by atoms with E-state index in [0.717, 1.165) is 32.1 Å². The molecule has 1 rings (SSSR count). The number of rotatable bonds is 5. The van der Waals surface area contributed by atoms with Crippen molar-refractivity contribution in [3.8, 4) is 0 Å². The van der Waals surface area contributed by atoms with Crippen LogP contribution in [0.25, 0.3) is 0 Å². The SMILES string of the molecule is CCOC1(C(O)CC(C)C)CCC(C)(C)CC1. The van der Waals surface area contributed by atoms with Gasteiger partial charge in [-0.3, -0.25) is 0 Å². The fraction of sp³-hybridized carbons (Fsp3) is 1.00. The Morgan fingerprint density at radius 2 is 1.65 bits per heavy atom. The Kier molecular flexibility index (Phi) is 5.03. The van der Waals surface area contributed by atoms with E-state index < -0.39 is 0 Å². The average molecular weight is 242 g/mol. The van der Waals surface area contributed by atoms with Gasteiger partial charge in [0.25, 0.3) is 0 Å². The molecule has 0 aromatic rings. The van der Waals surface area contributed by atoms with Gasteiger partial charge in [0.15, 0.2) is 0 Å². The Labute approximate surface area is 107 Å². The van der Waals surface area contributed by atoms with Crippen LogP contribution in [0.3, 0.4) is 0 Å². The van der Waals surface area contributed by atoms with Gasteiger partial charge in [-0.2, -0.15) is 0 Å². The zero-order chi connectivity index (χ0) is 13.1. The lowest BCUT2D eigenvalue weighted by atomic mass is 9.68. The van der Waals surface area contributed by atoms with Gasteiger partial charge in [0.1, 0.15) is 0 Å². The van der Waals surface area contributed by atoms with E-state index >= 15 is 0 Å². The first-order chi connectivity index (χ1) is 7.81. The predicted octanol–water partition coefficient (Wildman–Crippen LogP) is 3.77. The average Bonchev–Trinajstić information content (AvgIpc) is 2.21. The molecule has 0 aromatic carbocycles. The number of ether oxygens (including phenoxy) is 1. The normalized spacial score (nSPS) is 24.9. The van der Waals surface area contributed by atoms with Crippen molar-refractivity contribution in [2.45, 2.75) is 78.4 Å². The predicted molar refractivity (Wildman–Crippen MR) is 72.1 cm³/mol. The minimum atomic E-state index is -0.307. The maximum atomic E-state index is 10.5. The minimum absolute atomic E-state index is 0.269. The van der Waals surface area contributed by atoms with Gasteiger partial charge >= 0.3 is 0 Å². The van der Waals surface area contributed by atoms with Crippen LogP contribution in [0.1, 0.15) is 66.7 Å². The van der Waals surface area contributed by atoms with Gasteiger partial charge < -0.3 is 9.84 Å². The number of aliphatic hydroxyl groups excluding tert-OH is 1. The first kappa shape index (κ1) is 15.0. The van der Waals surface area contributed by atoms with E-state index in [0.29, 0.717) is 17.9 Å². The Morgan fingerprint density at radius 1 is 1.12 bits per heavy atom. The van der Waals surface area contributed by atoms with Crippen LogP contribution in [0.2, 0.25) is 0 Å². The van der Waals surface area contributed by atoms with E-state index in [-0.39, 0.29) is 11.7 Å². The highest BCUT2D eigenvalue weighted by atomic mass is 16.5. The fourth-order valence-electron chi connectivity index (χ4n) is 2.87. The Morgan fingerprint density at radius 3 is 2.06 bits per heavy atom. The summed E-state index contributed by atoms with van der Waals surface area (Å²) in [5, 5.41) is 10.5. The minimum Gasteiger partial charge on any atom is -0.390 e. The summed E-state index contributed by atoms with van der Waals surface area (Å²) < 4.78 is 5.98. The lowest BCUT2D eigenvalue weighted by Crippen LogP contribution is -2.49. The molecule has 2 heteroatoms. The highest BCUT2D eigenvalue weighted by Gasteiger charge is 2.44. The summed E-state index contributed by atoms with van der Waals surface area (Å²) in [7, 11) is 0. The lowest BCUT2D eigenvalue weighted by Gasteiger charge is -2.46. The highest BCUT2D eigenvalue weighted by molar-refractivity contribution is 4.95. The van der Waals surface area contributed by atoms with Crippen molar-refractivity contribution >= 4 is 0 Å². The second-order valence-electron chi connectivity index (χ2n) is 6.81. The van der Waals surface area contributed by atoms with E-state index in [1.807, 2.05) is 6.92 Å². The molecule has 102 valence electrons. The Bertz CT molecular complexity index is 223. The summed E-state index contributed by atoms with van der Waals surface area (Å²) in [5.74, 6) is 0.525. The summed E-state index contributed by atoms with van der Waals surface area (Å²) >= 11 is 0. The third kappa shape index (κ3) is 3.96. The molecule has 0 spiro atoms. The summed E-state index contributed by atoms with van der Waals surface area (Å²) in [4.78, 5) is 0. The van der Waals surface area contributed by atoms with Crippen LogP contribution in [0.5, 0.6) is 0 Å². The molecule has 0 aromatic heterocycles. The zero-order valence-electron chi connectivity index (χ0n) is 12.3. The smallest absolute Gasteiger partial charge is 0.0940 e. The van der Waals surface area contributed by atoms with Crippen LogP contribution in [0.15, 0.2) is 0 Å². The van der Waals surface area contributed by atoms with Crippen LogP contribution in [0.4, 0.5) is 0 Å². The second-order valence-corrected chi connectivity index (χ2v) is 6.81. The molecule has 0 heterocycles. The molecule has 0 radical (unpaired) electrons. The van der Waals surface area contributed by atoms with Crippen LogP contribution in [-0.4, -0.2) is 23.4 Å². The number of hydrogen-bond acceptors (Lipinski definition) is 2. The van der Waals surface area contributed by atoms with Gasteiger partial charge in [-0.15, -0.1) is 0 Å². The summed E-state index contributed by atoms with van der Waals surface area (Å²) in [6.45, 7) is 11.7. The molecule has 1 fully saturated rings. The molecule has 0 amide bonds. The van der Waals surface area contributed by atoms with E-state index in [9.17, 15) is 5.11 Å². The van der Waals surface area contributed by atoms with Gasteiger partial charge in [-0.1, -0.05) is 27.7 Å². The second kappa shape index (κ2) is 5.71. The number of aliphatic hydroxyl groups is 1. The molecule has 2 nitrogen and oxygen atoms in total. The summed E-state index contributed by atoms with van der Waals surface area (Å²) in [5.41, 5.74) is 0.146. The van der Waals surface area contributed by atoms with Crippen molar-refractivity contribution in [2.75, 3.05) is 6.61 Å². The van der Waals surface area contributed by atoms with Crippen molar-refractivity contribution in [3.05, 3.63) is 0 Å². The van der Waals surface area contributed by atoms with Crippen molar-refractivity contribution in [3.63, 3.8) is 0 Å². The molecule has 1 saturated carbocycles. The summed E-state index contributed by atoms with van der Waals surface area (Å²) in [6.07, 6.45) is 4.85. The standard InChI is InChI=1S/C15H30O2/c1-6-17-15(13(16)11-12(2)3)9-7-14(4,5)8-10-15/h12-13,16H,6-11H2,1-5H3. The Balaban J connectivity index is 2.70. The van der Waals surface area contributed by atoms with Gasteiger partial charge in [-0.05, 0) is 50.4 Å². The molecule has 0 saturated heterocycles. The van der Waals surface area contributed by atoms with Gasteiger partial charge in [0.2, 0.25) is 0 Å². The van der Waals surface area contributed by atoms with Crippen LogP contribution in [-0.2, 0) is 4.74 Å². The molecule has 17 heavy (non-hydrogen) atoms. The quantitative estimate of drug-likeness (QED) is 0.795. The molecule has 1 aliphatic carbocycles. The number of hydrogen-bond donors (Lipinski definition) is 1. The van der Waals surface area contributed by atoms with Crippen molar-refractivity contribution < 1.29 is 9.84 Å². The van der Waals surface area contributed by atoms with E-state index in [1.54, 1.807) is 0 Å². The highest BCUT2D eigenvalue weighted by Crippen LogP contribution is 2.44. The van der Waals surface area contributed by atoms with Crippen LogP contribution < -0.4 is 0 Å². The zero-order valence-corrected chi connectivity index (χ0v) is 12.3. The first-order valence-corrected chi connectivity index (χ1v) is 7.13. The van der Waals surface area contributed by atoms with Gasteiger partial charge in [-0.25, -0.2) is 0 Å². The largest absolute Gasteiger partial charge is 0.390 e. The molecule has 1 N–H and O–H groups in total. The van der Waals surface area contributed by atoms with Crippen LogP contribution >= 0.6 is 0 Å². The van der Waals surface area contributed by atoms with Crippen molar-refractivity contribution in [1.29, 1.82) is 0 Å². The molecule has 0 aliphatic heterocycles. The third-order valence-electron chi connectivity index (χ3n) is 4.18. The Hall–Kier alpha value is -0.0800. The molecule has 0 bridgehead atoms. The summed E-state index contributed by atoms with van der Waals surface area (Å²) in [6, 6.07) is 0. The van der Waals surface area contributed by atoms with Crippen molar-refractivity contribution in [1.82, 2.24) is 0 Å². The lowest BCUT2D eigenvalue weighted by molar-refractivity contribution is -0.155. The van der Waals surface area contributed by atoms with E-state index in [4.69, 9.17) is 4.74 Å². The first-order valence-electron chi connectivity index (χ1n) is 7.13. The molecular weight excluding hydrogens is 212 g/mol. The molecular formula is C15H30O2. The van der Waals surface area contributed by atoms with Gasteiger partial charge in [0.05, 0.1) is 11.7 Å². The third-order valence-corrected chi connectivity index (χ3v) is 4.18. The van der Waals surface area contributed by atoms with Gasteiger partial charge in [0, 0.05) is 6.61 Å². The maximum absolute atomic E-state index is 10.5. The maximum Gasteiger partial charge on any atom is 0.0940 e. The topological polar surface area (TPSA) is 29.5 Å². The van der Waals surface area contributed by atoms with E-state index in [2.05, 4.69) is 27.7 Å². The molecule has 1 aliphatic rings. The molecule has 1 unspecified atom stereocenters. The monoisotopic (exact) mass is 242 g/mol.